The van der Waals surface area contributed by atoms with Crippen molar-refractivity contribution in [3.8, 4) is 0 Å². The molecule has 1 aliphatic heterocycles. The third kappa shape index (κ3) is 5.37. The van der Waals surface area contributed by atoms with Gasteiger partial charge in [-0.3, -0.25) is 0 Å². The van der Waals surface area contributed by atoms with Gasteiger partial charge in [0.1, 0.15) is 0 Å². The Labute approximate surface area is 143 Å². The van der Waals surface area contributed by atoms with Crippen molar-refractivity contribution in [2.75, 3.05) is 33.4 Å². The standard InChI is InChI=1S/C17H26ClN3O2/c1-13(14-4-3-5-15(18)10-14)21-16(22)20-11-17(12-23-2)6-8-19-9-7-17/h3-5,10,13,19H,6-9,11-12H2,1-2H3,(H2,20,21,22)/t13-/m1/s1. The van der Waals surface area contributed by atoms with Gasteiger partial charge in [-0.15, -0.1) is 0 Å². The molecule has 1 aromatic rings. The summed E-state index contributed by atoms with van der Waals surface area (Å²) >= 11 is 5.99. The van der Waals surface area contributed by atoms with Crippen LogP contribution in [0, 0.1) is 5.41 Å². The van der Waals surface area contributed by atoms with E-state index >= 15 is 0 Å². The molecule has 0 radical (unpaired) electrons. The van der Waals surface area contributed by atoms with Crippen molar-refractivity contribution in [2.45, 2.75) is 25.8 Å². The lowest BCUT2D eigenvalue weighted by Crippen LogP contribution is -2.49. The molecule has 2 rings (SSSR count). The molecule has 6 heteroatoms. The Hall–Kier alpha value is -1.30. The van der Waals surface area contributed by atoms with E-state index in [0.29, 0.717) is 18.2 Å². The molecular weight excluding hydrogens is 314 g/mol. The maximum Gasteiger partial charge on any atom is 0.315 e. The Balaban J connectivity index is 1.86. The summed E-state index contributed by atoms with van der Waals surface area (Å²) in [5, 5.41) is 9.98. The summed E-state index contributed by atoms with van der Waals surface area (Å²) in [5.41, 5.74) is 1.01. The smallest absolute Gasteiger partial charge is 0.315 e. The zero-order valence-electron chi connectivity index (χ0n) is 13.8. The summed E-state index contributed by atoms with van der Waals surface area (Å²) in [6.45, 7) is 5.16. The highest BCUT2D eigenvalue weighted by Crippen LogP contribution is 2.28. The first-order chi connectivity index (χ1) is 11.0. The molecule has 0 aromatic heterocycles. The van der Waals surface area contributed by atoms with Crippen LogP contribution in [0.2, 0.25) is 5.02 Å². The fourth-order valence-corrected chi connectivity index (χ4v) is 3.21. The topological polar surface area (TPSA) is 62.4 Å². The molecule has 1 aliphatic rings. The number of urea groups is 1. The summed E-state index contributed by atoms with van der Waals surface area (Å²) in [4.78, 5) is 12.2. The van der Waals surface area contributed by atoms with Crippen molar-refractivity contribution < 1.29 is 9.53 Å². The lowest BCUT2D eigenvalue weighted by molar-refractivity contribution is 0.0554. The number of ether oxygens (including phenoxy) is 1. The van der Waals surface area contributed by atoms with Crippen LogP contribution in [-0.2, 0) is 4.74 Å². The Morgan fingerprint density at radius 3 is 2.83 bits per heavy atom. The van der Waals surface area contributed by atoms with E-state index in [9.17, 15) is 4.79 Å². The third-order valence-electron chi connectivity index (χ3n) is 4.43. The highest BCUT2D eigenvalue weighted by atomic mass is 35.5. The van der Waals surface area contributed by atoms with E-state index in [0.717, 1.165) is 31.5 Å². The highest BCUT2D eigenvalue weighted by Gasteiger charge is 2.32. The minimum absolute atomic E-state index is 0.0244. The fraction of sp³-hybridized carbons (Fsp3) is 0.588. The SMILES string of the molecule is COCC1(CNC(=O)N[C@H](C)c2cccc(Cl)c2)CCNCC1. The van der Waals surface area contributed by atoms with E-state index in [-0.39, 0.29) is 17.5 Å². The van der Waals surface area contributed by atoms with E-state index in [1.54, 1.807) is 7.11 Å². The van der Waals surface area contributed by atoms with Crippen molar-refractivity contribution >= 4 is 17.6 Å². The van der Waals surface area contributed by atoms with E-state index in [1.165, 1.54) is 0 Å². The largest absolute Gasteiger partial charge is 0.384 e. The zero-order chi connectivity index (χ0) is 16.7. The van der Waals surface area contributed by atoms with E-state index in [1.807, 2.05) is 31.2 Å². The molecule has 1 fully saturated rings. The van der Waals surface area contributed by atoms with Crippen LogP contribution in [0.15, 0.2) is 24.3 Å². The predicted molar refractivity (Wildman–Crippen MR) is 92.8 cm³/mol. The van der Waals surface area contributed by atoms with Crippen LogP contribution in [-0.4, -0.2) is 39.4 Å². The molecule has 1 atom stereocenters. The predicted octanol–water partition coefficient (Wildman–Crippen LogP) is 2.72. The molecule has 1 heterocycles. The normalized spacial score (nSPS) is 18.2. The van der Waals surface area contributed by atoms with Crippen LogP contribution in [0.3, 0.4) is 0 Å². The molecule has 2 amide bonds. The summed E-state index contributed by atoms with van der Waals surface area (Å²) in [5.74, 6) is 0. The van der Waals surface area contributed by atoms with Gasteiger partial charge in [0.05, 0.1) is 12.6 Å². The lowest BCUT2D eigenvalue weighted by atomic mass is 9.79. The van der Waals surface area contributed by atoms with Crippen molar-refractivity contribution in [3.05, 3.63) is 34.9 Å². The van der Waals surface area contributed by atoms with Crippen molar-refractivity contribution in [2.24, 2.45) is 5.41 Å². The van der Waals surface area contributed by atoms with Gasteiger partial charge in [-0.2, -0.15) is 0 Å². The van der Waals surface area contributed by atoms with Crippen LogP contribution in [0.5, 0.6) is 0 Å². The summed E-state index contributed by atoms with van der Waals surface area (Å²) in [6, 6.07) is 7.27. The van der Waals surface area contributed by atoms with Gasteiger partial charge in [-0.25, -0.2) is 4.79 Å². The Morgan fingerprint density at radius 2 is 2.17 bits per heavy atom. The van der Waals surface area contributed by atoms with Gasteiger partial charge < -0.3 is 20.7 Å². The number of rotatable bonds is 6. The number of benzene rings is 1. The molecule has 3 N–H and O–H groups in total. The Bertz CT molecular complexity index is 513. The van der Waals surface area contributed by atoms with Gasteiger partial charge in [0.15, 0.2) is 0 Å². The molecule has 0 bridgehead atoms. The molecule has 0 spiro atoms. The van der Waals surface area contributed by atoms with Gasteiger partial charge in [0, 0.05) is 24.1 Å². The highest BCUT2D eigenvalue weighted by molar-refractivity contribution is 6.30. The number of nitrogens with one attached hydrogen (secondary N) is 3. The van der Waals surface area contributed by atoms with Crippen LogP contribution in [0.4, 0.5) is 4.79 Å². The second-order valence-electron chi connectivity index (χ2n) is 6.29. The molecular formula is C17H26ClN3O2. The molecule has 23 heavy (non-hydrogen) atoms. The maximum absolute atomic E-state index is 12.2. The Morgan fingerprint density at radius 1 is 1.43 bits per heavy atom. The number of hydrogen-bond donors (Lipinski definition) is 3. The van der Waals surface area contributed by atoms with Crippen molar-refractivity contribution in [1.29, 1.82) is 0 Å². The maximum atomic E-state index is 12.2. The number of amides is 2. The molecule has 128 valence electrons. The van der Waals surface area contributed by atoms with Gasteiger partial charge in [0.2, 0.25) is 0 Å². The number of carbonyl (C=O) groups is 1. The van der Waals surface area contributed by atoms with Gasteiger partial charge in [0.25, 0.3) is 0 Å². The zero-order valence-corrected chi connectivity index (χ0v) is 14.6. The first-order valence-electron chi connectivity index (χ1n) is 8.04. The summed E-state index contributed by atoms with van der Waals surface area (Å²) < 4.78 is 5.37. The molecule has 0 aliphatic carbocycles. The van der Waals surface area contributed by atoms with Crippen molar-refractivity contribution in [3.63, 3.8) is 0 Å². The molecule has 1 aromatic carbocycles. The average Bonchev–Trinajstić information content (AvgIpc) is 2.54. The number of hydrogen-bond acceptors (Lipinski definition) is 3. The number of methoxy groups -OCH3 is 1. The minimum Gasteiger partial charge on any atom is -0.384 e. The number of halogens is 1. The second-order valence-corrected chi connectivity index (χ2v) is 6.72. The van der Waals surface area contributed by atoms with Gasteiger partial charge in [-0.05, 0) is 50.6 Å². The average molecular weight is 340 g/mol. The first kappa shape index (κ1) is 18.0. The monoisotopic (exact) mass is 339 g/mol. The summed E-state index contributed by atoms with van der Waals surface area (Å²) in [7, 11) is 1.71. The van der Waals surface area contributed by atoms with Crippen LogP contribution >= 0.6 is 11.6 Å². The van der Waals surface area contributed by atoms with Crippen LogP contribution in [0.25, 0.3) is 0 Å². The first-order valence-corrected chi connectivity index (χ1v) is 8.42. The summed E-state index contributed by atoms with van der Waals surface area (Å²) in [6.07, 6.45) is 2.01. The third-order valence-corrected chi connectivity index (χ3v) is 4.67. The van der Waals surface area contributed by atoms with E-state index in [2.05, 4.69) is 16.0 Å². The van der Waals surface area contributed by atoms with Gasteiger partial charge >= 0.3 is 6.03 Å². The van der Waals surface area contributed by atoms with E-state index in [4.69, 9.17) is 16.3 Å². The fourth-order valence-electron chi connectivity index (χ4n) is 3.01. The Kier molecular flexibility index (Phi) is 6.69. The minimum atomic E-state index is -0.161. The van der Waals surface area contributed by atoms with Crippen LogP contribution in [0.1, 0.15) is 31.4 Å². The molecule has 1 saturated heterocycles. The van der Waals surface area contributed by atoms with E-state index < -0.39 is 0 Å². The number of piperidine rings is 1. The van der Waals surface area contributed by atoms with Crippen LogP contribution < -0.4 is 16.0 Å². The molecule has 0 saturated carbocycles. The quantitative estimate of drug-likeness (QED) is 0.746. The number of carbonyl (C=O) groups excluding carboxylic acids is 1. The second kappa shape index (κ2) is 8.52. The molecule has 0 unspecified atom stereocenters. The van der Waals surface area contributed by atoms with Crippen molar-refractivity contribution in [1.82, 2.24) is 16.0 Å². The van der Waals surface area contributed by atoms with Gasteiger partial charge in [-0.1, -0.05) is 23.7 Å². The molecule has 5 nitrogen and oxygen atoms in total. The lowest BCUT2D eigenvalue weighted by Gasteiger charge is -2.37.